The Kier molecular flexibility index (Phi) is 5.37. The van der Waals surface area contributed by atoms with Gasteiger partial charge in [0.05, 0.1) is 17.5 Å². The first-order chi connectivity index (χ1) is 10.0. The van der Waals surface area contributed by atoms with Crippen LogP contribution in [-0.2, 0) is 10.0 Å². The Morgan fingerprint density at radius 1 is 1.24 bits per heavy atom. The van der Waals surface area contributed by atoms with E-state index in [9.17, 15) is 13.5 Å². The largest absolute Gasteiger partial charge is 0.391 e. The Morgan fingerprint density at radius 2 is 1.90 bits per heavy atom. The summed E-state index contributed by atoms with van der Waals surface area (Å²) in [5, 5.41) is 9.86. The van der Waals surface area contributed by atoms with Crippen molar-refractivity contribution in [1.29, 1.82) is 0 Å². The molecule has 1 aromatic carbocycles. The Hall–Kier alpha value is -1.39. The average molecular weight is 308 g/mol. The van der Waals surface area contributed by atoms with Crippen LogP contribution in [0.15, 0.2) is 29.2 Å². The molecule has 1 aliphatic rings. The smallest absolute Gasteiger partial charge is 0.240 e. The number of sulfonamides is 1. The van der Waals surface area contributed by atoms with Gasteiger partial charge in [0.1, 0.15) is 0 Å². The molecule has 0 aromatic heterocycles. The van der Waals surface area contributed by atoms with Gasteiger partial charge in [-0.25, -0.2) is 13.1 Å². The Labute approximate surface area is 125 Å². The van der Waals surface area contributed by atoms with E-state index in [1.165, 1.54) is 12.1 Å². The monoisotopic (exact) mass is 308 g/mol. The topological polar surface area (TPSA) is 92.4 Å². The Morgan fingerprint density at radius 3 is 2.52 bits per heavy atom. The lowest BCUT2D eigenvalue weighted by atomic mass is 9.93. The number of aliphatic hydroxyl groups is 1. The van der Waals surface area contributed by atoms with Crippen molar-refractivity contribution in [3.05, 3.63) is 29.8 Å². The predicted molar refractivity (Wildman–Crippen MR) is 81.0 cm³/mol. The third-order valence-corrected chi connectivity index (χ3v) is 5.04. The third-order valence-electron chi connectivity index (χ3n) is 3.54. The maximum atomic E-state index is 12.3. The van der Waals surface area contributed by atoms with E-state index in [4.69, 9.17) is 5.73 Å². The van der Waals surface area contributed by atoms with Crippen molar-refractivity contribution in [2.24, 2.45) is 5.73 Å². The van der Waals surface area contributed by atoms with E-state index in [0.29, 0.717) is 12.8 Å². The summed E-state index contributed by atoms with van der Waals surface area (Å²) in [4.78, 5) is 0.179. The number of aliphatic hydroxyl groups excluding tert-OH is 1. The maximum Gasteiger partial charge on any atom is 0.240 e. The summed E-state index contributed by atoms with van der Waals surface area (Å²) in [6.45, 7) is 0.265. The van der Waals surface area contributed by atoms with Gasteiger partial charge in [0.25, 0.3) is 0 Å². The van der Waals surface area contributed by atoms with E-state index < -0.39 is 22.2 Å². The Bertz CT molecular complexity index is 629. The van der Waals surface area contributed by atoms with E-state index >= 15 is 0 Å². The third kappa shape index (κ3) is 4.29. The second kappa shape index (κ2) is 7.05. The number of hydrogen-bond donors (Lipinski definition) is 3. The fraction of sp³-hybridized carbons (Fsp3) is 0.467. The zero-order valence-electron chi connectivity index (χ0n) is 11.7. The molecular weight excluding hydrogens is 288 g/mol. The van der Waals surface area contributed by atoms with Crippen molar-refractivity contribution in [2.45, 2.75) is 42.7 Å². The quantitative estimate of drug-likeness (QED) is 0.712. The van der Waals surface area contributed by atoms with E-state index in [0.717, 1.165) is 18.4 Å². The van der Waals surface area contributed by atoms with Crippen LogP contribution in [0.3, 0.4) is 0 Å². The first kappa shape index (κ1) is 16.0. The normalized spacial score (nSPS) is 22.4. The van der Waals surface area contributed by atoms with Crippen LogP contribution in [0.1, 0.15) is 31.2 Å². The molecule has 2 atom stereocenters. The summed E-state index contributed by atoms with van der Waals surface area (Å²) in [6.07, 6.45) is 2.57. The van der Waals surface area contributed by atoms with Crippen molar-refractivity contribution in [1.82, 2.24) is 4.72 Å². The summed E-state index contributed by atoms with van der Waals surface area (Å²) < 4.78 is 27.2. The van der Waals surface area contributed by atoms with Gasteiger partial charge in [-0.15, -0.1) is 0 Å². The number of benzene rings is 1. The molecule has 114 valence electrons. The van der Waals surface area contributed by atoms with Crippen LogP contribution >= 0.6 is 0 Å². The zero-order chi connectivity index (χ0) is 15.3. The second-order valence-corrected chi connectivity index (χ2v) is 6.82. The first-order valence-corrected chi connectivity index (χ1v) is 8.50. The van der Waals surface area contributed by atoms with E-state index in [2.05, 4.69) is 16.6 Å². The minimum absolute atomic E-state index is 0.179. The molecule has 1 aliphatic carbocycles. The van der Waals surface area contributed by atoms with Crippen LogP contribution in [0, 0.1) is 11.8 Å². The van der Waals surface area contributed by atoms with Crippen molar-refractivity contribution >= 4 is 10.0 Å². The molecule has 21 heavy (non-hydrogen) atoms. The standard InChI is InChI=1S/C15H20N2O3S/c16-11-3-4-12-7-9-13(10-8-12)21(19,20)17-14-5-1-2-6-15(14)18/h7-10,14-15,17-18H,1-2,5-6,11,16H2. The molecule has 2 rings (SSSR count). The lowest BCUT2D eigenvalue weighted by Crippen LogP contribution is -2.44. The van der Waals surface area contributed by atoms with Crippen LogP contribution in [0.2, 0.25) is 0 Å². The van der Waals surface area contributed by atoms with Crippen molar-refractivity contribution in [3.8, 4) is 11.8 Å². The summed E-state index contributed by atoms with van der Waals surface area (Å²) in [5.41, 5.74) is 6.01. The van der Waals surface area contributed by atoms with Gasteiger partial charge in [-0.2, -0.15) is 0 Å². The van der Waals surface area contributed by atoms with E-state index in [-0.39, 0.29) is 11.4 Å². The number of hydrogen-bond acceptors (Lipinski definition) is 4. The van der Waals surface area contributed by atoms with Crippen LogP contribution in [-0.4, -0.2) is 32.2 Å². The molecule has 1 fully saturated rings. The highest BCUT2D eigenvalue weighted by Crippen LogP contribution is 2.20. The minimum Gasteiger partial charge on any atom is -0.391 e. The molecule has 5 nitrogen and oxygen atoms in total. The van der Waals surface area contributed by atoms with Gasteiger partial charge in [0.15, 0.2) is 0 Å². The van der Waals surface area contributed by atoms with Gasteiger partial charge in [0, 0.05) is 11.6 Å². The first-order valence-electron chi connectivity index (χ1n) is 7.02. The van der Waals surface area contributed by atoms with Gasteiger partial charge in [-0.05, 0) is 37.1 Å². The molecule has 0 amide bonds. The predicted octanol–water partition coefficient (Wildman–Crippen LogP) is 0.579. The fourth-order valence-corrected chi connectivity index (χ4v) is 3.69. The number of rotatable bonds is 3. The molecular formula is C15H20N2O3S. The van der Waals surface area contributed by atoms with Crippen molar-refractivity contribution in [2.75, 3.05) is 6.54 Å². The molecule has 0 heterocycles. The molecule has 2 unspecified atom stereocenters. The van der Waals surface area contributed by atoms with Crippen molar-refractivity contribution in [3.63, 3.8) is 0 Å². The van der Waals surface area contributed by atoms with Crippen LogP contribution in [0.4, 0.5) is 0 Å². The summed E-state index contributed by atoms with van der Waals surface area (Å²) in [5.74, 6) is 5.56. The van der Waals surface area contributed by atoms with Crippen LogP contribution < -0.4 is 10.5 Å². The minimum atomic E-state index is -3.61. The lowest BCUT2D eigenvalue weighted by Gasteiger charge is -2.28. The van der Waals surface area contributed by atoms with Gasteiger partial charge in [0.2, 0.25) is 10.0 Å². The summed E-state index contributed by atoms with van der Waals surface area (Å²) in [7, 11) is -3.61. The van der Waals surface area contributed by atoms with Crippen LogP contribution in [0.25, 0.3) is 0 Å². The molecule has 0 aliphatic heterocycles. The van der Waals surface area contributed by atoms with E-state index in [1.54, 1.807) is 12.1 Å². The van der Waals surface area contributed by atoms with Crippen molar-refractivity contribution < 1.29 is 13.5 Å². The zero-order valence-corrected chi connectivity index (χ0v) is 12.6. The molecule has 0 saturated heterocycles. The highest BCUT2D eigenvalue weighted by molar-refractivity contribution is 7.89. The molecule has 1 aromatic rings. The van der Waals surface area contributed by atoms with Gasteiger partial charge in [-0.3, -0.25) is 0 Å². The second-order valence-electron chi connectivity index (χ2n) is 5.11. The summed E-state index contributed by atoms with van der Waals surface area (Å²) >= 11 is 0. The van der Waals surface area contributed by atoms with Crippen LogP contribution in [0.5, 0.6) is 0 Å². The van der Waals surface area contributed by atoms with E-state index in [1.807, 2.05) is 0 Å². The fourth-order valence-electron chi connectivity index (χ4n) is 2.39. The number of nitrogens with one attached hydrogen (secondary N) is 1. The molecule has 0 spiro atoms. The molecule has 4 N–H and O–H groups in total. The molecule has 1 saturated carbocycles. The summed E-state index contributed by atoms with van der Waals surface area (Å²) in [6, 6.07) is 5.92. The number of nitrogens with two attached hydrogens (primary N) is 1. The Balaban J connectivity index is 2.11. The maximum absolute atomic E-state index is 12.3. The molecule has 0 radical (unpaired) electrons. The molecule has 6 heteroatoms. The molecule has 0 bridgehead atoms. The highest BCUT2D eigenvalue weighted by Gasteiger charge is 2.27. The highest BCUT2D eigenvalue weighted by atomic mass is 32.2. The lowest BCUT2D eigenvalue weighted by molar-refractivity contribution is 0.101. The van der Waals surface area contributed by atoms with Gasteiger partial charge in [-0.1, -0.05) is 24.7 Å². The van der Waals surface area contributed by atoms with Gasteiger partial charge < -0.3 is 10.8 Å². The van der Waals surface area contributed by atoms with Gasteiger partial charge >= 0.3 is 0 Å². The average Bonchev–Trinajstić information content (AvgIpc) is 2.48. The SMILES string of the molecule is NCC#Cc1ccc(S(=O)(=O)NC2CCCCC2O)cc1.